The number of methoxy groups -OCH3 is 1. The Labute approximate surface area is 194 Å². The largest absolute Gasteiger partial charge is 0.497 e. The molecule has 1 N–H and O–H groups in total. The third kappa shape index (κ3) is 8.46. The molecule has 0 bridgehead atoms. The maximum absolute atomic E-state index is 13.1. The van der Waals surface area contributed by atoms with E-state index in [1.54, 1.807) is 30.7 Å². The molecule has 0 heterocycles. The van der Waals surface area contributed by atoms with Crippen LogP contribution in [0.3, 0.4) is 0 Å². The maximum Gasteiger partial charge on any atom is 0.242 e. The number of ether oxygens (including phenoxy) is 1. The number of nitrogens with one attached hydrogen (secondary N) is 1. The molecule has 2 aromatic carbocycles. The van der Waals surface area contributed by atoms with Gasteiger partial charge in [0.15, 0.2) is 0 Å². The minimum Gasteiger partial charge on any atom is -0.497 e. The molecule has 0 radical (unpaired) electrons. The quantitative estimate of drug-likeness (QED) is 0.523. The van der Waals surface area contributed by atoms with E-state index >= 15 is 0 Å². The van der Waals surface area contributed by atoms with Crippen LogP contribution in [0, 0.1) is 0 Å². The molecule has 2 amide bonds. The number of amides is 2. The van der Waals surface area contributed by atoms with E-state index < -0.39 is 6.04 Å². The molecule has 0 aromatic heterocycles. The molecular formula is C24H31ClN2O3S. The molecule has 0 spiro atoms. The van der Waals surface area contributed by atoms with Crippen LogP contribution in [0.15, 0.2) is 53.4 Å². The van der Waals surface area contributed by atoms with Crippen molar-refractivity contribution in [2.24, 2.45) is 0 Å². The lowest BCUT2D eigenvalue weighted by atomic mass is 10.1. The molecule has 5 nitrogen and oxygen atoms in total. The van der Waals surface area contributed by atoms with Crippen LogP contribution in [0.25, 0.3) is 0 Å². The Morgan fingerprint density at radius 3 is 2.45 bits per heavy atom. The molecule has 168 valence electrons. The number of benzene rings is 2. The van der Waals surface area contributed by atoms with Gasteiger partial charge in [-0.05, 0) is 69.7 Å². The first-order chi connectivity index (χ1) is 14.6. The average molecular weight is 463 g/mol. The summed E-state index contributed by atoms with van der Waals surface area (Å²) in [5, 5.41) is 3.66. The smallest absolute Gasteiger partial charge is 0.242 e. The SMILES string of the molecule is COc1cccc(CN(C(=O)CCSc2ccc(Cl)cc2)[C@@H](C)C(=O)NC(C)(C)C)c1. The Morgan fingerprint density at radius 1 is 1.16 bits per heavy atom. The lowest BCUT2D eigenvalue weighted by molar-refractivity contribution is -0.140. The van der Waals surface area contributed by atoms with E-state index in [0.717, 1.165) is 16.2 Å². The molecule has 31 heavy (non-hydrogen) atoms. The average Bonchev–Trinajstić information content (AvgIpc) is 2.71. The molecule has 2 aromatic rings. The number of hydrogen-bond donors (Lipinski definition) is 1. The molecule has 7 heteroatoms. The number of halogens is 1. The van der Waals surface area contributed by atoms with Gasteiger partial charge in [0.25, 0.3) is 0 Å². The van der Waals surface area contributed by atoms with E-state index in [-0.39, 0.29) is 17.4 Å². The first kappa shape index (κ1) is 25.1. The zero-order chi connectivity index (χ0) is 23.0. The van der Waals surface area contributed by atoms with Gasteiger partial charge in [-0.15, -0.1) is 11.8 Å². The monoisotopic (exact) mass is 462 g/mol. The highest BCUT2D eigenvalue weighted by molar-refractivity contribution is 7.99. The topological polar surface area (TPSA) is 58.6 Å². The van der Waals surface area contributed by atoms with Gasteiger partial charge < -0.3 is 15.0 Å². The van der Waals surface area contributed by atoms with Crippen LogP contribution in [0.2, 0.25) is 5.02 Å². The number of thioether (sulfide) groups is 1. The second-order valence-electron chi connectivity index (χ2n) is 8.34. The maximum atomic E-state index is 13.1. The second-order valence-corrected chi connectivity index (χ2v) is 9.95. The Balaban J connectivity index is 2.11. The zero-order valence-electron chi connectivity index (χ0n) is 18.8. The van der Waals surface area contributed by atoms with Crippen LogP contribution < -0.4 is 10.1 Å². The van der Waals surface area contributed by atoms with Crippen molar-refractivity contribution >= 4 is 35.2 Å². The summed E-state index contributed by atoms with van der Waals surface area (Å²) in [5.74, 6) is 1.09. The van der Waals surface area contributed by atoms with E-state index in [4.69, 9.17) is 16.3 Å². The Bertz CT molecular complexity index is 881. The summed E-state index contributed by atoms with van der Waals surface area (Å²) in [6.07, 6.45) is 0.324. The van der Waals surface area contributed by atoms with Crippen LogP contribution in [0.4, 0.5) is 0 Å². The fraction of sp³-hybridized carbons (Fsp3) is 0.417. The van der Waals surface area contributed by atoms with E-state index in [0.29, 0.717) is 23.7 Å². The van der Waals surface area contributed by atoms with Crippen molar-refractivity contribution in [1.82, 2.24) is 10.2 Å². The first-order valence-corrected chi connectivity index (χ1v) is 11.6. The fourth-order valence-electron chi connectivity index (χ4n) is 2.95. The lowest BCUT2D eigenvalue weighted by Crippen LogP contribution is -2.52. The minimum atomic E-state index is -0.599. The first-order valence-electron chi connectivity index (χ1n) is 10.2. The van der Waals surface area contributed by atoms with Crippen LogP contribution >= 0.6 is 23.4 Å². The molecule has 0 saturated carbocycles. The van der Waals surface area contributed by atoms with Gasteiger partial charge in [-0.25, -0.2) is 0 Å². The molecule has 0 aliphatic heterocycles. The van der Waals surface area contributed by atoms with Gasteiger partial charge in [0.05, 0.1) is 7.11 Å². The summed E-state index contributed by atoms with van der Waals surface area (Å²) in [6, 6.07) is 14.5. The Morgan fingerprint density at radius 2 is 1.84 bits per heavy atom. The van der Waals surface area contributed by atoms with E-state index in [9.17, 15) is 9.59 Å². The molecular weight excluding hydrogens is 432 g/mol. The highest BCUT2D eigenvalue weighted by Crippen LogP contribution is 2.22. The summed E-state index contributed by atoms with van der Waals surface area (Å²) >= 11 is 7.52. The molecule has 2 rings (SSSR count). The zero-order valence-corrected chi connectivity index (χ0v) is 20.3. The summed E-state index contributed by atoms with van der Waals surface area (Å²) in [4.78, 5) is 28.6. The van der Waals surface area contributed by atoms with Gasteiger partial charge in [0, 0.05) is 34.2 Å². The molecule has 0 aliphatic rings. The number of nitrogens with zero attached hydrogens (tertiary/aromatic N) is 1. The van der Waals surface area contributed by atoms with E-state index in [1.807, 2.05) is 69.3 Å². The summed E-state index contributed by atoms with van der Waals surface area (Å²) in [6.45, 7) is 7.88. The van der Waals surface area contributed by atoms with Crippen molar-refractivity contribution in [3.63, 3.8) is 0 Å². The van der Waals surface area contributed by atoms with Crippen molar-refractivity contribution in [3.05, 3.63) is 59.1 Å². The van der Waals surface area contributed by atoms with Crippen LogP contribution in [0.1, 0.15) is 39.7 Å². The Kier molecular flexibility index (Phi) is 9.26. The van der Waals surface area contributed by atoms with Crippen LogP contribution in [0.5, 0.6) is 5.75 Å². The lowest BCUT2D eigenvalue weighted by Gasteiger charge is -2.31. The third-order valence-electron chi connectivity index (χ3n) is 4.55. The highest BCUT2D eigenvalue weighted by atomic mass is 35.5. The highest BCUT2D eigenvalue weighted by Gasteiger charge is 2.28. The minimum absolute atomic E-state index is 0.0687. The van der Waals surface area contributed by atoms with Crippen molar-refractivity contribution in [1.29, 1.82) is 0 Å². The molecule has 0 saturated heterocycles. The van der Waals surface area contributed by atoms with Gasteiger partial charge in [0.1, 0.15) is 11.8 Å². The van der Waals surface area contributed by atoms with Gasteiger partial charge in [-0.2, -0.15) is 0 Å². The number of carbonyl (C=O) groups is 2. The molecule has 0 aliphatic carbocycles. The van der Waals surface area contributed by atoms with E-state index in [2.05, 4.69) is 5.32 Å². The number of rotatable bonds is 9. The summed E-state index contributed by atoms with van der Waals surface area (Å²) in [7, 11) is 1.61. The van der Waals surface area contributed by atoms with Crippen molar-refractivity contribution < 1.29 is 14.3 Å². The third-order valence-corrected chi connectivity index (χ3v) is 5.82. The normalized spacial score (nSPS) is 12.2. The van der Waals surface area contributed by atoms with Crippen LogP contribution in [-0.2, 0) is 16.1 Å². The van der Waals surface area contributed by atoms with Gasteiger partial charge in [-0.1, -0.05) is 23.7 Å². The second kappa shape index (κ2) is 11.4. The standard InChI is InChI=1S/C24H31ClN2O3S/c1-17(23(29)26-24(2,3)4)27(16-18-7-6-8-20(15-18)30-5)22(28)13-14-31-21-11-9-19(25)10-12-21/h6-12,15,17H,13-14,16H2,1-5H3,(H,26,29)/t17-/m0/s1. The summed E-state index contributed by atoms with van der Waals surface area (Å²) in [5.41, 5.74) is 0.536. The number of carbonyl (C=O) groups excluding carboxylic acids is 2. The molecule has 1 atom stereocenters. The van der Waals surface area contributed by atoms with Gasteiger partial charge in [0.2, 0.25) is 11.8 Å². The predicted octanol–water partition coefficient (Wildman–Crippen LogP) is 5.16. The Hall–Kier alpha value is -2.18. The fourth-order valence-corrected chi connectivity index (χ4v) is 3.92. The number of hydrogen-bond acceptors (Lipinski definition) is 4. The van der Waals surface area contributed by atoms with Crippen molar-refractivity contribution in [3.8, 4) is 5.75 Å². The van der Waals surface area contributed by atoms with Crippen molar-refractivity contribution in [2.45, 2.75) is 57.1 Å². The van der Waals surface area contributed by atoms with E-state index in [1.165, 1.54) is 0 Å². The summed E-state index contributed by atoms with van der Waals surface area (Å²) < 4.78 is 5.30. The van der Waals surface area contributed by atoms with Gasteiger partial charge in [-0.3, -0.25) is 9.59 Å². The van der Waals surface area contributed by atoms with Gasteiger partial charge >= 0.3 is 0 Å². The molecule has 0 unspecified atom stereocenters. The molecule has 0 fully saturated rings. The predicted molar refractivity (Wildman–Crippen MR) is 128 cm³/mol. The van der Waals surface area contributed by atoms with Crippen molar-refractivity contribution in [2.75, 3.05) is 12.9 Å². The van der Waals surface area contributed by atoms with Crippen LogP contribution in [-0.4, -0.2) is 41.2 Å².